The third kappa shape index (κ3) is 4.29. The molecule has 4 N–H and O–H groups in total. The summed E-state index contributed by atoms with van der Waals surface area (Å²) in [5.41, 5.74) is 7.22. The van der Waals surface area contributed by atoms with Crippen LogP contribution in [0.25, 0.3) is 0 Å². The van der Waals surface area contributed by atoms with E-state index in [1.165, 1.54) is 0 Å². The Bertz CT molecular complexity index is 591. The molecule has 1 amide bonds. The van der Waals surface area contributed by atoms with Crippen molar-refractivity contribution in [3.8, 4) is 5.75 Å². The predicted octanol–water partition coefficient (Wildman–Crippen LogP) is 1.05. The van der Waals surface area contributed by atoms with Gasteiger partial charge in [-0.05, 0) is 43.2 Å². The lowest BCUT2D eigenvalue weighted by Crippen LogP contribution is -2.48. The van der Waals surface area contributed by atoms with Gasteiger partial charge in [-0.15, -0.1) is 0 Å². The number of pyridine rings is 1. The lowest BCUT2D eigenvalue weighted by atomic mass is 9.75. The minimum absolute atomic E-state index is 0.0136. The molecule has 1 aliphatic carbocycles. The standard InChI is InChI=1S/C18H28N4O3/c1-3-4-13-8-16(22-21-13)18(24)20-17(11-5-14(23)6-11)12-7-15(25-2)10-19-9-12/h7,9-11,13-14,16-17,21-23H,3-6,8H2,1-2H3,(H,20,24). The maximum Gasteiger partial charge on any atom is 0.239 e. The highest BCUT2D eigenvalue weighted by molar-refractivity contribution is 5.82. The Balaban J connectivity index is 1.68. The number of carbonyl (C=O) groups excluding carboxylic acids is 1. The summed E-state index contributed by atoms with van der Waals surface area (Å²) in [6.07, 6.45) is 7.45. The van der Waals surface area contributed by atoms with Crippen LogP contribution in [0.2, 0.25) is 0 Å². The van der Waals surface area contributed by atoms with Gasteiger partial charge in [-0.25, -0.2) is 5.43 Å². The summed E-state index contributed by atoms with van der Waals surface area (Å²) in [6, 6.07) is 1.85. The van der Waals surface area contributed by atoms with E-state index in [2.05, 4.69) is 28.1 Å². The molecule has 1 aliphatic heterocycles. The Morgan fingerprint density at radius 3 is 2.88 bits per heavy atom. The lowest BCUT2D eigenvalue weighted by Gasteiger charge is -2.38. The van der Waals surface area contributed by atoms with E-state index in [0.29, 0.717) is 24.6 Å². The molecule has 0 radical (unpaired) electrons. The quantitative estimate of drug-likeness (QED) is 0.588. The largest absolute Gasteiger partial charge is 0.495 e. The summed E-state index contributed by atoms with van der Waals surface area (Å²) in [5.74, 6) is 0.870. The van der Waals surface area contributed by atoms with Crippen molar-refractivity contribution in [2.24, 2.45) is 5.92 Å². The van der Waals surface area contributed by atoms with Crippen molar-refractivity contribution in [3.63, 3.8) is 0 Å². The molecule has 7 heteroatoms. The van der Waals surface area contributed by atoms with Gasteiger partial charge in [0.1, 0.15) is 11.8 Å². The number of ether oxygens (including phenoxy) is 1. The zero-order valence-corrected chi connectivity index (χ0v) is 14.9. The van der Waals surface area contributed by atoms with Crippen LogP contribution in [-0.4, -0.2) is 41.3 Å². The molecule has 7 nitrogen and oxygen atoms in total. The third-order valence-electron chi connectivity index (χ3n) is 5.18. The first kappa shape index (κ1) is 18.1. The van der Waals surface area contributed by atoms with Crippen molar-refractivity contribution in [2.45, 2.75) is 63.3 Å². The van der Waals surface area contributed by atoms with Gasteiger partial charge in [0.2, 0.25) is 5.91 Å². The maximum absolute atomic E-state index is 12.7. The topological polar surface area (TPSA) is 95.5 Å². The summed E-state index contributed by atoms with van der Waals surface area (Å²) >= 11 is 0. The molecule has 3 unspecified atom stereocenters. The van der Waals surface area contributed by atoms with Crippen molar-refractivity contribution < 1.29 is 14.6 Å². The molecule has 25 heavy (non-hydrogen) atoms. The van der Waals surface area contributed by atoms with Gasteiger partial charge in [0.15, 0.2) is 0 Å². The van der Waals surface area contributed by atoms with Crippen molar-refractivity contribution in [3.05, 3.63) is 24.0 Å². The zero-order valence-electron chi connectivity index (χ0n) is 14.9. The minimum Gasteiger partial charge on any atom is -0.495 e. The first-order valence-electron chi connectivity index (χ1n) is 9.09. The van der Waals surface area contributed by atoms with Gasteiger partial charge in [0, 0.05) is 12.2 Å². The molecule has 1 saturated heterocycles. The molecule has 1 saturated carbocycles. The summed E-state index contributed by atoms with van der Waals surface area (Å²) in [7, 11) is 1.60. The average molecular weight is 348 g/mol. The number of hydrogen-bond acceptors (Lipinski definition) is 6. The second-order valence-corrected chi connectivity index (χ2v) is 7.09. The molecule has 2 aliphatic rings. The highest BCUT2D eigenvalue weighted by Crippen LogP contribution is 2.38. The molecule has 2 fully saturated rings. The number of methoxy groups -OCH3 is 1. The van der Waals surface area contributed by atoms with Crippen LogP contribution in [0.5, 0.6) is 5.75 Å². The van der Waals surface area contributed by atoms with Crippen LogP contribution in [0.15, 0.2) is 18.5 Å². The van der Waals surface area contributed by atoms with E-state index >= 15 is 0 Å². The number of hydrazine groups is 1. The first-order chi connectivity index (χ1) is 12.1. The van der Waals surface area contributed by atoms with Gasteiger partial charge in [0.05, 0.1) is 25.5 Å². The van der Waals surface area contributed by atoms with E-state index in [9.17, 15) is 9.90 Å². The highest BCUT2D eigenvalue weighted by atomic mass is 16.5. The number of amides is 1. The summed E-state index contributed by atoms with van der Waals surface area (Å²) < 4.78 is 5.26. The van der Waals surface area contributed by atoms with Gasteiger partial charge in [-0.3, -0.25) is 15.2 Å². The van der Waals surface area contributed by atoms with Crippen molar-refractivity contribution in [1.29, 1.82) is 0 Å². The number of aromatic nitrogens is 1. The number of carbonyl (C=O) groups is 1. The van der Waals surface area contributed by atoms with E-state index in [1.807, 2.05) is 6.07 Å². The van der Waals surface area contributed by atoms with Crippen LogP contribution in [0.1, 0.15) is 50.6 Å². The Labute approximate surface area is 148 Å². The fraction of sp³-hybridized carbons (Fsp3) is 0.667. The van der Waals surface area contributed by atoms with Crippen molar-refractivity contribution in [1.82, 2.24) is 21.2 Å². The fourth-order valence-electron chi connectivity index (χ4n) is 3.68. The first-order valence-corrected chi connectivity index (χ1v) is 9.09. The molecule has 3 rings (SSSR count). The Hall–Kier alpha value is -1.70. The van der Waals surface area contributed by atoms with Gasteiger partial charge < -0.3 is 15.2 Å². The van der Waals surface area contributed by atoms with Gasteiger partial charge in [0.25, 0.3) is 0 Å². The summed E-state index contributed by atoms with van der Waals surface area (Å²) in [4.78, 5) is 16.9. The second-order valence-electron chi connectivity index (χ2n) is 7.09. The van der Waals surface area contributed by atoms with E-state index in [1.54, 1.807) is 19.5 Å². The molecule has 1 aromatic rings. The monoisotopic (exact) mass is 348 g/mol. The zero-order chi connectivity index (χ0) is 17.8. The molecular formula is C18H28N4O3. The van der Waals surface area contributed by atoms with Crippen LogP contribution in [0.3, 0.4) is 0 Å². The van der Waals surface area contributed by atoms with Crippen LogP contribution >= 0.6 is 0 Å². The van der Waals surface area contributed by atoms with Gasteiger partial charge in [-0.2, -0.15) is 0 Å². The molecule has 0 aromatic carbocycles. The molecule has 2 heterocycles. The second kappa shape index (κ2) is 8.12. The predicted molar refractivity (Wildman–Crippen MR) is 93.8 cm³/mol. The fourth-order valence-corrected chi connectivity index (χ4v) is 3.68. The number of aliphatic hydroxyl groups is 1. The Morgan fingerprint density at radius 1 is 1.40 bits per heavy atom. The number of hydrogen-bond donors (Lipinski definition) is 4. The highest BCUT2D eigenvalue weighted by Gasteiger charge is 2.38. The van der Waals surface area contributed by atoms with E-state index in [0.717, 1.165) is 24.8 Å². The number of rotatable bonds is 7. The van der Waals surface area contributed by atoms with Gasteiger partial charge in [-0.1, -0.05) is 13.3 Å². The lowest BCUT2D eigenvalue weighted by molar-refractivity contribution is -0.124. The summed E-state index contributed by atoms with van der Waals surface area (Å²) in [6.45, 7) is 2.14. The molecular weight excluding hydrogens is 320 g/mol. The van der Waals surface area contributed by atoms with Crippen molar-refractivity contribution in [2.75, 3.05) is 7.11 Å². The molecule has 3 atom stereocenters. The minimum atomic E-state index is -0.275. The van der Waals surface area contributed by atoms with Crippen LogP contribution in [0.4, 0.5) is 0 Å². The van der Waals surface area contributed by atoms with Crippen LogP contribution in [-0.2, 0) is 4.79 Å². The average Bonchev–Trinajstić information content (AvgIpc) is 3.06. The van der Waals surface area contributed by atoms with Crippen LogP contribution in [0, 0.1) is 5.92 Å². The molecule has 0 spiro atoms. The smallest absolute Gasteiger partial charge is 0.239 e. The van der Waals surface area contributed by atoms with E-state index in [4.69, 9.17) is 4.74 Å². The third-order valence-corrected chi connectivity index (χ3v) is 5.18. The molecule has 0 bridgehead atoms. The Morgan fingerprint density at radius 2 is 2.20 bits per heavy atom. The van der Waals surface area contributed by atoms with E-state index < -0.39 is 0 Å². The van der Waals surface area contributed by atoms with Gasteiger partial charge >= 0.3 is 0 Å². The summed E-state index contributed by atoms with van der Waals surface area (Å²) in [5, 5.41) is 12.8. The molecule has 1 aromatic heterocycles. The number of nitrogens with one attached hydrogen (secondary N) is 3. The molecule has 138 valence electrons. The Kier molecular flexibility index (Phi) is 5.88. The number of aliphatic hydroxyl groups excluding tert-OH is 1. The normalized spacial score (nSPS) is 29.7. The maximum atomic E-state index is 12.7. The number of nitrogens with zero attached hydrogens (tertiary/aromatic N) is 1. The van der Waals surface area contributed by atoms with Crippen molar-refractivity contribution >= 4 is 5.91 Å². The van der Waals surface area contributed by atoms with Crippen LogP contribution < -0.4 is 20.9 Å². The SMILES string of the molecule is CCCC1CC(C(=O)NC(c2cncc(OC)c2)C2CC(O)C2)NN1. The van der Waals surface area contributed by atoms with E-state index in [-0.39, 0.29) is 30.0 Å².